The third kappa shape index (κ3) is 2.66. The summed E-state index contributed by atoms with van der Waals surface area (Å²) in [5.74, 6) is -1.44. The zero-order valence-electron chi connectivity index (χ0n) is 13.9. The van der Waals surface area contributed by atoms with Gasteiger partial charge in [-0.1, -0.05) is 26.0 Å². The van der Waals surface area contributed by atoms with Gasteiger partial charge < -0.3 is 5.11 Å². The number of hydrogen-bond acceptors (Lipinski definition) is 3. The maximum atomic E-state index is 12.8. The van der Waals surface area contributed by atoms with Crippen molar-refractivity contribution in [1.82, 2.24) is 4.57 Å². The van der Waals surface area contributed by atoms with Gasteiger partial charge in [-0.25, -0.2) is 4.79 Å². The van der Waals surface area contributed by atoms with Crippen LogP contribution in [0, 0.1) is 12.3 Å². The molecule has 124 valence electrons. The van der Waals surface area contributed by atoms with Gasteiger partial charge in [0.05, 0.1) is 0 Å². The molecule has 24 heavy (non-hydrogen) atoms. The number of Topliss-reactive ketones (excluding diaryl/α,β-unsaturated/α-hetero) is 1. The zero-order chi connectivity index (χ0) is 17.6. The van der Waals surface area contributed by atoms with Crippen molar-refractivity contribution in [2.24, 2.45) is 5.41 Å². The highest BCUT2D eigenvalue weighted by Crippen LogP contribution is 2.35. The smallest absolute Gasteiger partial charge is 0.341 e. The summed E-state index contributed by atoms with van der Waals surface area (Å²) in [7, 11) is 0. The molecule has 1 N–H and O–H groups in total. The number of rotatable bonds is 2. The number of hydrogen-bond donors (Lipinski definition) is 1. The van der Waals surface area contributed by atoms with Crippen LogP contribution in [-0.4, -0.2) is 21.4 Å². The van der Waals surface area contributed by atoms with Crippen LogP contribution in [0.1, 0.15) is 52.2 Å². The fourth-order valence-electron chi connectivity index (χ4n) is 3.31. The number of aromatic nitrogens is 1. The molecule has 3 rings (SSSR count). The summed E-state index contributed by atoms with van der Waals surface area (Å²) in [5.41, 5.74) is 1.23. The van der Waals surface area contributed by atoms with E-state index in [0.717, 1.165) is 5.56 Å². The molecule has 1 aliphatic rings. The SMILES string of the molecule is Cc1cccc(-n2c3c(cc(C(=O)O)c2=O)C(=O)CC(C)(C)C3)c1. The van der Waals surface area contributed by atoms with Crippen LogP contribution in [0.5, 0.6) is 0 Å². The van der Waals surface area contributed by atoms with E-state index in [2.05, 4.69) is 0 Å². The standard InChI is InChI=1S/C19H19NO4/c1-11-5-4-6-12(7-11)20-15-9-19(2,3)10-16(21)13(15)8-14(17(20)22)18(23)24/h4-8H,9-10H2,1-3H3,(H,23,24). The number of nitrogens with zero attached hydrogens (tertiary/aromatic N) is 1. The minimum absolute atomic E-state index is 0.120. The lowest BCUT2D eigenvalue weighted by Crippen LogP contribution is -2.36. The lowest BCUT2D eigenvalue weighted by Gasteiger charge is -2.32. The Bertz CT molecular complexity index is 921. The summed E-state index contributed by atoms with van der Waals surface area (Å²) >= 11 is 0. The average molecular weight is 325 g/mol. The van der Waals surface area contributed by atoms with Gasteiger partial charge in [0.2, 0.25) is 0 Å². The molecule has 0 saturated heterocycles. The maximum absolute atomic E-state index is 12.8. The normalized spacial score (nSPS) is 15.9. The van der Waals surface area contributed by atoms with Crippen molar-refractivity contribution < 1.29 is 14.7 Å². The highest BCUT2D eigenvalue weighted by Gasteiger charge is 2.34. The largest absolute Gasteiger partial charge is 0.477 e. The number of carboxylic acids is 1. The van der Waals surface area contributed by atoms with Crippen molar-refractivity contribution in [2.45, 2.75) is 33.6 Å². The zero-order valence-corrected chi connectivity index (χ0v) is 13.9. The van der Waals surface area contributed by atoms with E-state index >= 15 is 0 Å². The molecule has 0 fully saturated rings. The summed E-state index contributed by atoms with van der Waals surface area (Å²) < 4.78 is 1.39. The predicted octanol–water partition coefficient (Wildman–Crippen LogP) is 3.00. The number of aromatic carboxylic acids is 1. The maximum Gasteiger partial charge on any atom is 0.341 e. The fourth-order valence-corrected chi connectivity index (χ4v) is 3.31. The highest BCUT2D eigenvalue weighted by molar-refractivity contribution is 6.01. The molecule has 0 amide bonds. The molecule has 1 aromatic carbocycles. The summed E-state index contributed by atoms with van der Waals surface area (Å²) in [4.78, 5) is 36.8. The Morgan fingerprint density at radius 2 is 1.88 bits per heavy atom. The summed E-state index contributed by atoms with van der Waals surface area (Å²) in [6.07, 6.45) is 0.877. The molecular weight excluding hydrogens is 306 g/mol. The molecule has 0 unspecified atom stereocenters. The van der Waals surface area contributed by atoms with Crippen molar-refractivity contribution in [3.8, 4) is 5.69 Å². The third-order valence-corrected chi connectivity index (χ3v) is 4.38. The van der Waals surface area contributed by atoms with Crippen LogP contribution >= 0.6 is 0 Å². The van der Waals surface area contributed by atoms with Crippen molar-refractivity contribution >= 4 is 11.8 Å². The topological polar surface area (TPSA) is 76.4 Å². The van der Waals surface area contributed by atoms with Crippen LogP contribution in [0.15, 0.2) is 35.1 Å². The van der Waals surface area contributed by atoms with Gasteiger partial charge in [-0.15, -0.1) is 0 Å². The first-order valence-electron chi connectivity index (χ1n) is 7.82. The Hall–Kier alpha value is -2.69. The first kappa shape index (κ1) is 16.2. The summed E-state index contributed by atoms with van der Waals surface area (Å²) in [5, 5.41) is 9.36. The van der Waals surface area contributed by atoms with Gasteiger partial charge in [-0.2, -0.15) is 0 Å². The Balaban J connectivity index is 2.40. The van der Waals surface area contributed by atoms with Gasteiger partial charge in [0.1, 0.15) is 5.56 Å². The van der Waals surface area contributed by atoms with E-state index in [1.165, 1.54) is 10.6 Å². The molecule has 5 nitrogen and oxygen atoms in total. The number of pyridine rings is 1. The van der Waals surface area contributed by atoms with Gasteiger partial charge in [0.25, 0.3) is 5.56 Å². The van der Waals surface area contributed by atoms with Crippen molar-refractivity contribution in [3.63, 3.8) is 0 Å². The summed E-state index contributed by atoms with van der Waals surface area (Å²) in [6, 6.07) is 8.53. The number of aryl methyl sites for hydroxylation is 1. The quantitative estimate of drug-likeness (QED) is 0.921. The van der Waals surface area contributed by atoms with Crippen LogP contribution in [-0.2, 0) is 6.42 Å². The molecule has 1 aromatic heterocycles. The second-order valence-corrected chi connectivity index (χ2v) is 7.14. The van der Waals surface area contributed by atoms with Crippen LogP contribution in [0.25, 0.3) is 5.69 Å². The van der Waals surface area contributed by atoms with Crippen LogP contribution in [0.2, 0.25) is 0 Å². The molecular formula is C19H19NO4. The minimum Gasteiger partial charge on any atom is -0.477 e. The average Bonchev–Trinajstić information content (AvgIpc) is 2.45. The van der Waals surface area contributed by atoms with Crippen molar-refractivity contribution in [2.75, 3.05) is 0 Å². The van der Waals surface area contributed by atoms with E-state index in [0.29, 0.717) is 29.8 Å². The van der Waals surface area contributed by atoms with Crippen molar-refractivity contribution in [3.05, 3.63) is 63.1 Å². The molecule has 0 radical (unpaired) electrons. The monoisotopic (exact) mass is 325 g/mol. The van der Waals surface area contributed by atoms with Crippen LogP contribution in [0.3, 0.4) is 0 Å². The van der Waals surface area contributed by atoms with E-state index in [1.807, 2.05) is 39.0 Å². The number of carboxylic acid groups (broad SMARTS) is 1. The van der Waals surface area contributed by atoms with Crippen LogP contribution in [0.4, 0.5) is 0 Å². The van der Waals surface area contributed by atoms with Gasteiger partial charge in [0.15, 0.2) is 5.78 Å². The number of ketones is 1. The Morgan fingerprint density at radius 1 is 1.17 bits per heavy atom. The van der Waals surface area contributed by atoms with E-state index < -0.39 is 11.5 Å². The predicted molar refractivity (Wildman–Crippen MR) is 90.2 cm³/mol. The first-order chi connectivity index (χ1) is 11.2. The first-order valence-corrected chi connectivity index (χ1v) is 7.82. The molecule has 1 heterocycles. The Labute approximate surface area is 139 Å². The van der Waals surface area contributed by atoms with Crippen LogP contribution < -0.4 is 5.56 Å². The Morgan fingerprint density at radius 3 is 2.50 bits per heavy atom. The molecule has 5 heteroatoms. The number of fused-ring (bicyclic) bond motifs is 1. The fraction of sp³-hybridized carbons (Fsp3) is 0.316. The molecule has 0 aliphatic heterocycles. The lowest BCUT2D eigenvalue weighted by molar-refractivity contribution is 0.0694. The second-order valence-electron chi connectivity index (χ2n) is 7.14. The van der Waals surface area contributed by atoms with E-state index in [9.17, 15) is 19.5 Å². The number of carbonyl (C=O) groups excluding carboxylic acids is 1. The Kier molecular flexibility index (Phi) is 3.67. The molecule has 2 aromatic rings. The van der Waals surface area contributed by atoms with E-state index in [-0.39, 0.29) is 16.8 Å². The summed E-state index contributed by atoms with van der Waals surface area (Å²) in [6.45, 7) is 5.85. The number of carbonyl (C=O) groups is 2. The molecule has 1 aliphatic carbocycles. The molecule has 0 bridgehead atoms. The molecule has 0 atom stereocenters. The van der Waals surface area contributed by atoms with E-state index in [1.54, 1.807) is 6.07 Å². The second kappa shape index (κ2) is 5.44. The van der Waals surface area contributed by atoms with Gasteiger partial charge >= 0.3 is 5.97 Å². The lowest BCUT2D eigenvalue weighted by atomic mass is 9.75. The minimum atomic E-state index is -1.32. The molecule has 0 saturated carbocycles. The van der Waals surface area contributed by atoms with Gasteiger partial charge in [0, 0.05) is 23.4 Å². The van der Waals surface area contributed by atoms with Gasteiger partial charge in [-0.05, 0) is 42.5 Å². The number of benzene rings is 1. The molecule has 0 spiro atoms. The van der Waals surface area contributed by atoms with E-state index in [4.69, 9.17) is 0 Å². The van der Waals surface area contributed by atoms with Gasteiger partial charge in [-0.3, -0.25) is 14.2 Å². The third-order valence-electron chi connectivity index (χ3n) is 4.38. The van der Waals surface area contributed by atoms with Crippen molar-refractivity contribution in [1.29, 1.82) is 0 Å². The highest BCUT2D eigenvalue weighted by atomic mass is 16.4.